The summed E-state index contributed by atoms with van der Waals surface area (Å²) in [4.78, 5) is 17.1. The molecule has 3 aromatic rings. The second-order valence-corrected chi connectivity index (χ2v) is 8.63. The summed E-state index contributed by atoms with van der Waals surface area (Å²) in [6.07, 6.45) is 2.92. The minimum absolute atomic E-state index is 0. The number of benzene rings is 2. The van der Waals surface area contributed by atoms with Gasteiger partial charge < -0.3 is 14.8 Å². The fourth-order valence-electron chi connectivity index (χ4n) is 4.99. The molecule has 0 spiro atoms. The molecule has 0 bridgehead atoms. The number of aromatic nitrogens is 1. The van der Waals surface area contributed by atoms with Gasteiger partial charge in [-0.25, -0.2) is 4.39 Å². The molecule has 3 heterocycles. The van der Waals surface area contributed by atoms with Crippen molar-refractivity contribution in [1.29, 1.82) is 0 Å². The number of anilines is 1. The van der Waals surface area contributed by atoms with Crippen molar-refractivity contribution in [1.82, 2.24) is 14.8 Å². The van der Waals surface area contributed by atoms with Gasteiger partial charge in [0.1, 0.15) is 5.82 Å². The van der Waals surface area contributed by atoms with Crippen LogP contribution >= 0.6 is 24.8 Å². The number of carbonyl (C=O) groups is 1. The van der Waals surface area contributed by atoms with Crippen molar-refractivity contribution in [3.8, 4) is 0 Å². The molecule has 0 atom stereocenters. The van der Waals surface area contributed by atoms with Crippen LogP contribution in [-0.4, -0.2) is 54.6 Å². The van der Waals surface area contributed by atoms with Gasteiger partial charge in [0.2, 0.25) is 5.91 Å². The minimum atomic E-state index is -0.212. The zero-order valence-corrected chi connectivity index (χ0v) is 20.5. The normalized spacial score (nSPS) is 16.7. The van der Waals surface area contributed by atoms with Crippen molar-refractivity contribution in [2.24, 2.45) is 7.05 Å². The SMILES string of the molecule is Cl.Cl.Cn1c2c(c3ccc(N4CCN(CCc5ccc(F)cc5)CC4=O)cc31)CCNCC2. The molecule has 1 N–H and O–H groups in total. The average molecular weight is 493 g/mol. The predicted octanol–water partition coefficient (Wildman–Crippen LogP) is 3.74. The largest absolute Gasteiger partial charge is 0.347 e. The Balaban J connectivity index is 0.00000153. The molecule has 1 aromatic heterocycles. The van der Waals surface area contributed by atoms with Crippen LogP contribution in [0.25, 0.3) is 10.9 Å². The maximum absolute atomic E-state index is 13.1. The number of halogens is 3. The highest BCUT2D eigenvalue weighted by Gasteiger charge is 2.26. The molecule has 5 nitrogen and oxygen atoms in total. The van der Waals surface area contributed by atoms with Gasteiger partial charge >= 0.3 is 0 Å². The number of hydrogen-bond donors (Lipinski definition) is 1. The number of piperazine rings is 1. The molecule has 2 aromatic carbocycles. The first-order valence-electron chi connectivity index (χ1n) is 11.2. The lowest BCUT2D eigenvalue weighted by atomic mass is 10.1. The highest BCUT2D eigenvalue weighted by Crippen LogP contribution is 2.31. The molecule has 0 aliphatic carbocycles. The topological polar surface area (TPSA) is 40.5 Å². The Bertz CT molecular complexity index is 1120. The van der Waals surface area contributed by atoms with E-state index in [1.807, 2.05) is 17.0 Å². The highest BCUT2D eigenvalue weighted by molar-refractivity contribution is 5.98. The van der Waals surface area contributed by atoms with Crippen molar-refractivity contribution >= 4 is 47.3 Å². The van der Waals surface area contributed by atoms with E-state index >= 15 is 0 Å². The summed E-state index contributed by atoms with van der Waals surface area (Å²) in [6.45, 7) is 4.81. The molecule has 1 fully saturated rings. The summed E-state index contributed by atoms with van der Waals surface area (Å²) in [6, 6.07) is 13.1. The first-order valence-corrected chi connectivity index (χ1v) is 11.2. The van der Waals surface area contributed by atoms with Crippen LogP contribution in [0, 0.1) is 5.82 Å². The van der Waals surface area contributed by atoms with Crippen LogP contribution in [0.3, 0.4) is 0 Å². The lowest BCUT2D eigenvalue weighted by molar-refractivity contribution is -0.121. The van der Waals surface area contributed by atoms with Gasteiger partial charge in [-0.1, -0.05) is 18.2 Å². The second-order valence-electron chi connectivity index (χ2n) is 8.63. The van der Waals surface area contributed by atoms with Gasteiger partial charge in [0.15, 0.2) is 0 Å². The van der Waals surface area contributed by atoms with Crippen LogP contribution in [0.5, 0.6) is 0 Å². The van der Waals surface area contributed by atoms with Crippen LogP contribution in [0.2, 0.25) is 0 Å². The third-order valence-electron chi connectivity index (χ3n) is 6.75. The fraction of sp³-hybridized carbons (Fsp3) is 0.400. The lowest BCUT2D eigenvalue weighted by Gasteiger charge is -2.34. The molecule has 2 aliphatic heterocycles. The zero-order valence-electron chi connectivity index (χ0n) is 18.8. The van der Waals surface area contributed by atoms with Crippen LogP contribution in [0.4, 0.5) is 10.1 Å². The number of rotatable bonds is 4. The highest BCUT2D eigenvalue weighted by atomic mass is 35.5. The number of aryl methyl sites for hydroxylation is 1. The molecule has 33 heavy (non-hydrogen) atoms. The number of hydrogen-bond acceptors (Lipinski definition) is 3. The van der Waals surface area contributed by atoms with E-state index < -0.39 is 0 Å². The van der Waals surface area contributed by atoms with Gasteiger partial charge in [0.25, 0.3) is 0 Å². The van der Waals surface area contributed by atoms with Crippen LogP contribution in [0.15, 0.2) is 42.5 Å². The van der Waals surface area contributed by atoms with Gasteiger partial charge in [-0.05, 0) is 54.8 Å². The molecule has 0 saturated carbocycles. The lowest BCUT2D eigenvalue weighted by Crippen LogP contribution is -2.50. The van der Waals surface area contributed by atoms with Crippen molar-refractivity contribution in [2.75, 3.05) is 44.2 Å². The molecular weight excluding hydrogens is 462 g/mol. The summed E-state index contributed by atoms with van der Waals surface area (Å²) in [5, 5.41) is 4.80. The number of nitrogens with one attached hydrogen (secondary N) is 1. The summed E-state index contributed by atoms with van der Waals surface area (Å²) in [5.41, 5.74) is 6.17. The van der Waals surface area contributed by atoms with E-state index in [0.29, 0.717) is 13.1 Å². The number of carbonyl (C=O) groups excluding carboxylic acids is 1. The Morgan fingerprint density at radius 2 is 1.76 bits per heavy atom. The van der Waals surface area contributed by atoms with Crippen molar-refractivity contribution < 1.29 is 9.18 Å². The van der Waals surface area contributed by atoms with E-state index in [1.54, 1.807) is 0 Å². The maximum atomic E-state index is 13.1. The predicted molar refractivity (Wildman–Crippen MR) is 137 cm³/mol. The summed E-state index contributed by atoms with van der Waals surface area (Å²) < 4.78 is 15.4. The van der Waals surface area contributed by atoms with Gasteiger partial charge in [-0.2, -0.15) is 0 Å². The summed E-state index contributed by atoms with van der Waals surface area (Å²) >= 11 is 0. The van der Waals surface area contributed by atoms with Crippen LogP contribution < -0.4 is 10.2 Å². The van der Waals surface area contributed by atoms with Gasteiger partial charge in [0.05, 0.1) is 12.1 Å². The standard InChI is InChI=1S/C25H29FN4O.2ClH/c1-28-23-9-12-27-11-8-22(23)21-7-6-20(16-24(21)28)30-15-14-29(17-25(30)31)13-10-18-2-4-19(26)5-3-18;;/h2-7,16,27H,8-15,17H2,1H3;2*1H. The number of nitrogens with zero attached hydrogens (tertiary/aromatic N) is 3. The Morgan fingerprint density at radius 1 is 1.00 bits per heavy atom. The molecule has 5 rings (SSSR count). The molecule has 1 saturated heterocycles. The quantitative estimate of drug-likeness (QED) is 0.602. The van der Waals surface area contributed by atoms with Gasteiger partial charge in [0, 0.05) is 56.4 Å². The average Bonchev–Trinajstić information content (AvgIpc) is 2.93. The number of fused-ring (bicyclic) bond motifs is 3. The Kier molecular flexibility index (Phi) is 8.40. The molecule has 0 radical (unpaired) electrons. The molecular formula is C25H31Cl2FN4O. The first-order chi connectivity index (χ1) is 15.1. The zero-order chi connectivity index (χ0) is 21.4. The Hall–Kier alpha value is -2.12. The summed E-state index contributed by atoms with van der Waals surface area (Å²) in [7, 11) is 2.14. The van der Waals surface area contributed by atoms with E-state index in [4.69, 9.17) is 0 Å². The van der Waals surface area contributed by atoms with Gasteiger partial charge in [-0.3, -0.25) is 9.69 Å². The van der Waals surface area contributed by atoms with Crippen molar-refractivity contribution in [2.45, 2.75) is 19.3 Å². The monoisotopic (exact) mass is 492 g/mol. The summed E-state index contributed by atoms with van der Waals surface area (Å²) in [5.74, 6) is -0.0690. The molecule has 178 valence electrons. The smallest absolute Gasteiger partial charge is 0.241 e. The van der Waals surface area contributed by atoms with Crippen LogP contribution in [-0.2, 0) is 31.1 Å². The molecule has 2 aliphatic rings. The van der Waals surface area contributed by atoms with E-state index in [9.17, 15) is 9.18 Å². The van der Waals surface area contributed by atoms with Crippen molar-refractivity contribution in [3.63, 3.8) is 0 Å². The van der Waals surface area contributed by atoms with Crippen molar-refractivity contribution in [3.05, 3.63) is 65.1 Å². The van der Waals surface area contributed by atoms with E-state index in [0.717, 1.165) is 56.7 Å². The molecule has 1 amide bonds. The van der Waals surface area contributed by atoms with E-state index in [1.165, 1.54) is 34.3 Å². The van der Waals surface area contributed by atoms with Gasteiger partial charge in [-0.15, -0.1) is 24.8 Å². The molecule has 0 unspecified atom stereocenters. The second kappa shape index (κ2) is 10.9. The first kappa shape index (κ1) is 25.5. The maximum Gasteiger partial charge on any atom is 0.241 e. The fourth-order valence-corrected chi connectivity index (χ4v) is 4.99. The Labute approximate surface area is 206 Å². The number of amides is 1. The minimum Gasteiger partial charge on any atom is -0.347 e. The molecule has 8 heteroatoms. The van der Waals surface area contributed by atoms with E-state index in [2.05, 4.69) is 40.0 Å². The Morgan fingerprint density at radius 3 is 2.52 bits per heavy atom. The van der Waals surface area contributed by atoms with E-state index in [-0.39, 0.29) is 36.5 Å². The third kappa shape index (κ3) is 5.19. The third-order valence-corrected chi connectivity index (χ3v) is 6.75. The van der Waals surface area contributed by atoms with Crippen LogP contribution in [0.1, 0.15) is 16.8 Å².